The molecule has 3 rings (SSSR count). The molecule has 0 aromatic heterocycles. The molecule has 2 aliphatic heterocycles. The summed E-state index contributed by atoms with van der Waals surface area (Å²) in [5.41, 5.74) is 6.91. The van der Waals surface area contributed by atoms with Gasteiger partial charge in [-0.2, -0.15) is 0 Å². The summed E-state index contributed by atoms with van der Waals surface area (Å²) in [5, 5.41) is 0. The molecule has 24 heavy (non-hydrogen) atoms. The Morgan fingerprint density at radius 3 is 2.58 bits per heavy atom. The molecule has 0 aromatic rings. The average molecular weight is 332 g/mol. The Hall–Kier alpha value is -1.13. The molecule has 2 N–H and O–H groups in total. The Balaban J connectivity index is 1.61. The number of piperidine rings is 1. The van der Waals surface area contributed by atoms with Crippen LogP contribution in [0.3, 0.4) is 0 Å². The fourth-order valence-electron chi connectivity index (χ4n) is 4.91. The molecule has 1 amide bonds. The van der Waals surface area contributed by atoms with Gasteiger partial charge in [0.25, 0.3) is 0 Å². The molecule has 0 aromatic carbocycles. The lowest BCUT2D eigenvalue weighted by molar-refractivity contribution is -0.124. The van der Waals surface area contributed by atoms with E-state index in [9.17, 15) is 4.79 Å². The molecular formula is C20H32N2O2. The lowest BCUT2D eigenvalue weighted by atomic mass is 9.59. The largest absolute Gasteiger partial charge is 0.381 e. The number of carbonyl (C=O) groups excluding carboxylic acids is 1. The molecule has 0 spiro atoms. The molecular weight excluding hydrogens is 300 g/mol. The van der Waals surface area contributed by atoms with E-state index in [4.69, 9.17) is 10.5 Å². The second-order valence-corrected chi connectivity index (χ2v) is 8.03. The number of hydrogen-bond acceptors (Lipinski definition) is 3. The molecule has 4 nitrogen and oxygen atoms in total. The van der Waals surface area contributed by atoms with Crippen molar-refractivity contribution < 1.29 is 9.53 Å². The van der Waals surface area contributed by atoms with E-state index in [-0.39, 0.29) is 17.2 Å². The summed E-state index contributed by atoms with van der Waals surface area (Å²) >= 11 is 0. The molecule has 2 heterocycles. The predicted molar refractivity (Wildman–Crippen MR) is 96.4 cm³/mol. The van der Waals surface area contributed by atoms with Crippen LogP contribution >= 0.6 is 0 Å². The van der Waals surface area contributed by atoms with Crippen LogP contribution < -0.4 is 5.73 Å². The van der Waals surface area contributed by atoms with Crippen LogP contribution in [0.15, 0.2) is 23.8 Å². The number of hydrogen-bond donors (Lipinski definition) is 1. The summed E-state index contributed by atoms with van der Waals surface area (Å²) in [6.45, 7) is 9.75. The summed E-state index contributed by atoms with van der Waals surface area (Å²) in [5.74, 6) is 0.964. The van der Waals surface area contributed by atoms with Gasteiger partial charge in [0.15, 0.2) is 0 Å². The van der Waals surface area contributed by atoms with E-state index in [0.717, 1.165) is 45.1 Å². The summed E-state index contributed by atoms with van der Waals surface area (Å²) in [7, 11) is 0. The van der Waals surface area contributed by atoms with Gasteiger partial charge in [-0.3, -0.25) is 4.79 Å². The highest BCUT2D eigenvalue weighted by atomic mass is 16.5. The summed E-state index contributed by atoms with van der Waals surface area (Å²) in [6, 6.07) is 0. The van der Waals surface area contributed by atoms with Crippen molar-refractivity contribution >= 4 is 5.91 Å². The van der Waals surface area contributed by atoms with Crippen LogP contribution in [0.4, 0.5) is 0 Å². The van der Waals surface area contributed by atoms with Gasteiger partial charge < -0.3 is 15.4 Å². The number of likely N-dealkylation sites (tertiary alicyclic amines) is 1. The van der Waals surface area contributed by atoms with Crippen molar-refractivity contribution in [1.82, 2.24) is 4.90 Å². The van der Waals surface area contributed by atoms with Crippen LogP contribution in [0, 0.1) is 23.2 Å². The second kappa shape index (κ2) is 7.40. The molecule has 134 valence electrons. The molecule has 0 bridgehead atoms. The number of nitrogens with zero attached hydrogens (tertiary/aromatic N) is 1. The van der Waals surface area contributed by atoms with Gasteiger partial charge in [-0.25, -0.2) is 0 Å². The Bertz CT molecular complexity index is 514. The Labute approximate surface area is 146 Å². The van der Waals surface area contributed by atoms with Gasteiger partial charge in [0.05, 0.1) is 5.92 Å². The minimum atomic E-state index is -0.189. The number of nitrogens with two attached hydrogens (primary N) is 1. The highest BCUT2D eigenvalue weighted by molar-refractivity contribution is 5.80. The summed E-state index contributed by atoms with van der Waals surface area (Å²) < 4.78 is 5.47. The fourth-order valence-corrected chi connectivity index (χ4v) is 4.91. The number of ether oxygens (including phenoxy) is 1. The Morgan fingerprint density at radius 2 is 1.96 bits per heavy atom. The smallest absolute Gasteiger partial charge is 0.225 e. The maximum atomic E-state index is 12.0. The van der Waals surface area contributed by atoms with Crippen molar-refractivity contribution in [3.05, 3.63) is 23.8 Å². The average Bonchev–Trinajstić information content (AvgIpc) is 2.58. The molecule has 2 unspecified atom stereocenters. The first-order valence-electron chi connectivity index (χ1n) is 9.46. The van der Waals surface area contributed by atoms with Gasteiger partial charge in [-0.05, 0) is 57.5 Å². The van der Waals surface area contributed by atoms with Crippen molar-refractivity contribution in [2.24, 2.45) is 28.9 Å². The van der Waals surface area contributed by atoms with E-state index >= 15 is 0 Å². The highest BCUT2D eigenvalue weighted by Gasteiger charge is 2.46. The van der Waals surface area contributed by atoms with E-state index < -0.39 is 0 Å². The van der Waals surface area contributed by atoms with Crippen LogP contribution in [-0.2, 0) is 9.53 Å². The lowest BCUT2D eigenvalue weighted by Crippen LogP contribution is -2.48. The van der Waals surface area contributed by atoms with Crippen molar-refractivity contribution in [2.45, 2.75) is 39.5 Å². The standard InChI is InChI=1S/C20H32N2O2/c1-15-4-3-5-18(19(21)23)20(15,2)17-6-10-22(11-7-17)14-16-8-12-24-13-9-16/h3-5,16-18H,6-14H2,1-2H3,(H2,21,23). The van der Waals surface area contributed by atoms with Gasteiger partial charge in [0.1, 0.15) is 0 Å². The topological polar surface area (TPSA) is 55.6 Å². The second-order valence-electron chi connectivity index (χ2n) is 8.03. The van der Waals surface area contributed by atoms with E-state index in [0.29, 0.717) is 5.92 Å². The SMILES string of the molecule is CC1=CC=CC(C(N)=O)C1(C)C1CCN(CC2CCOCC2)CC1. The van der Waals surface area contributed by atoms with E-state index in [1.165, 1.54) is 25.0 Å². The molecule has 1 aliphatic carbocycles. The van der Waals surface area contributed by atoms with Crippen LogP contribution in [0.1, 0.15) is 39.5 Å². The Kier molecular flexibility index (Phi) is 5.46. The normalized spacial score (nSPS) is 33.4. The monoisotopic (exact) mass is 332 g/mol. The molecule has 2 saturated heterocycles. The van der Waals surface area contributed by atoms with E-state index in [1.807, 2.05) is 12.2 Å². The predicted octanol–water partition coefficient (Wildman–Crippen LogP) is 2.75. The van der Waals surface area contributed by atoms with Gasteiger partial charge >= 0.3 is 0 Å². The molecule has 0 saturated carbocycles. The Morgan fingerprint density at radius 1 is 1.29 bits per heavy atom. The van der Waals surface area contributed by atoms with Gasteiger partial charge in [-0.1, -0.05) is 30.7 Å². The highest BCUT2D eigenvalue weighted by Crippen LogP contribution is 2.49. The number of amides is 1. The van der Waals surface area contributed by atoms with Crippen LogP contribution in [0.25, 0.3) is 0 Å². The quantitative estimate of drug-likeness (QED) is 0.861. The van der Waals surface area contributed by atoms with E-state index in [1.54, 1.807) is 0 Å². The zero-order valence-electron chi connectivity index (χ0n) is 15.2. The first-order chi connectivity index (χ1) is 11.5. The van der Waals surface area contributed by atoms with Crippen LogP contribution in [0.2, 0.25) is 0 Å². The number of primary amides is 1. The third kappa shape index (κ3) is 3.45. The number of rotatable bonds is 4. The maximum Gasteiger partial charge on any atom is 0.225 e. The molecule has 3 aliphatic rings. The molecule has 4 heteroatoms. The van der Waals surface area contributed by atoms with Crippen LogP contribution in [0.5, 0.6) is 0 Å². The summed E-state index contributed by atoms with van der Waals surface area (Å²) in [6.07, 6.45) is 10.9. The third-order valence-corrected chi connectivity index (χ3v) is 6.74. The lowest BCUT2D eigenvalue weighted by Gasteiger charge is -2.47. The van der Waals surface area contributed by atoms with Crippen molar-refractivity contribution in [3.8, 4) is 0 Å². The molecule has 0 radical (unpaired) electrons. The first-order valence-corrected chi connectivity index (χ1v) is 9.46. The zero-order chi connectivity index (χ0) is 17.2. The van der Waals surface area contributed by atoms with Gasteiger partial charge in [0.2, 0.25) is 5.91 Å². The minimum absolute atomic E-state index is 0.120. The minimum Gasteiger partial charge on any atom is -0.381 e. The summed E-state index contributed by atoms with van der Waals surface area (Å²) in [4.78, 5) is 14.6. The number of carbonyl (C=O) groups is 1. The molecule has 2 atom stereocenters. The van der Waals surface area contributed by atoms with Crippen LogP contribution in [-0.4, -0.2) is 43.7 Å². The van der Waals surface area contributed by atoms with Crippen molar-refractivity contribution in [1.29, 1.82) is 0 Å². The van der Waals surface area contributed by atoms with Gasteiger partial charge in [0, 0.05) is 25.2 Å². The maximum absolute atomic E-state index is 12.0. The zero-order valence-corrected chi connectivity index (χ0v) is 15.2. The van der Waals surface area contributed by atoms with Gasteiger partial charge in [-0.15, -0.1) is 0 Å². The van der Waals surface area contributed by atoms with E-state index in [2.05, 4.69) is 24.8 Å². The first kappa shape index (κ1) is 17.7. The molecule has 2 fully saturated rings. The fraction of sp³-hybridized carbons (Fsp3) is 0.750. The van der Waals surface area contributed by atoms with Crippen molar-refractivity contribution in [2.75, 3.05) is 32.8 Å². The number of allylic oxidation sites excluding steroid dienone is 3. The third-order valence-electron chi connectivity index (χ3n) is 6.74. The van der Waals surface area contributed by atoms with Crippen molar-refractivity contribution in [3.63, 3.8) is 0 Å².